The molecule has 0 fully saturated rings. The molecule has 3 N–H and O–H groups in total. The highest BCUT2D eigenvalue weighted by Gasteiger charge is 2.20. The lowest BCUT2D eigenvalue weighted by Gasteiger charge is -2.18. The molecule has 0 atom stereocenters. The second-order valence-electron chi connectivity index (χ2n) is 6.61. The van der Waals surface area contributed by atoms with Gasteiger partial charge in [-0.1, -0.05) is 39.0 Å². The molecule has 0 unspecified atom stereocenters. The normalized spacial score (nSPS) is 11.6. The van der Waals surface area contributed by atoms with Crippen LogP contribution in [0.4, 0.5) is 8.78 Å². The average molecular weight is 498 g/mol. The molecule has 1 rings (SSSR count). The standard InChI is InChI=1S/C18H28F2N4O2.HI/c1-5-21-17(23-11-10-22-15(25)18(2,3)4)24-12-13-8-6-7-9-14(13)26-16(19)20;/h6-9,16H,5,10-12H2,1-4H3,(H,22,25)(H2,21,23,24);1H. The molecule has 0 spiro atoms. The molecule has 0 aliphatic rings. The summed E-state index contributed by atoms with van der Waals surface area (Å²) in [6.45, 7) is 6.36. The largest absolute Gasteiger partial charge is 0.434 e. The third kappa shape index (κ3) is 10.3. The van der Waals surface area contributed by atoms with E-state index in [2.05, 4.69) is 25.7 Å². The van der Waals surface area contributed by atoms with Crippen LogP contribution in [0.2, 0.25) is 0 Å². The first-order valence-electron chi connectivity index (χ1n) is 8.57. The molecule has 0 saturated heterocycles. The number of amides is 1. The van der Waals surface area contributed by atoms with E-state index in [9.17, 15) is 13.6 Å². The maximum atomic E-state index is 12.5. The van der Waals surface area contributed by atoms with Crippen LogP contribution in [-0.2, 0) is 11.3 Å². The molecule has 1 aromatic carbocycles. The summed E-state index contributed by atoms with van der Waals surface area (Å²) in [7, 11) is 0. The summed E-state index contributed by atoms with van der Waals surface area (Å²) < 4.78 is 29.4. The van der Waals surface area contributed by atoms with E-state index in [0.29, 0.717) is 31.2 Å². The summed E-state index contributed by atoms with van der Waals surface area (Å²) >= 11 is 0. The number of ether oxygens (including phenoxy) is 1. The zero-order chi connectivity index (χ0) is 19.6. The molecule has 9 heteroatoms. The predicted molar refractivity (Wildman–Crippen MR) is 114 cm³/mol. The van der Waals surface area contributed by atoms with Crippen LogP contribution in [0.3, 0.4) is 0 Å². The zero-order valence-electron chi connectivity index (χ0n) is 16.1. The third-order valence-electron chi connectivity index (χ3n) is 3.32. The molecular formula is C18H29F2IN4O2. The highest BCUT2D eigenvalue weighted by atomic mass is 127. The molecule has 0 aromatic heterocycles. The minimum atomic E-state index is -2.88. The van der Waals surface area contributed by atoms with Gasteiger partial charge in [0.15, 0.2) is 5.96 Å². The maximum absolute atomic E-state index is 12.5. The fourth-order valence-corrected chi connectivity index (χ4v) is 1.97. The number of hydrogen-bond acceptors (Lipinski definition) is 3. The molecule has 0 bridgehead atoms. The van der Waals surface area contributed by atoms with Gasteiger partial charge in [0.25, 0.3) is 0 Å². The number of nitrogens with zero attached hydrogens (tertiary/aromatic N) is 1. The Bertz CT molecular complexity index is 607. The molecule has 27 heavy (non-hydrogen) atoms. The summed E-state index contributed by atoms with van der Waals surface area (Å²) in [5, 5.41) is 9.00. The fourth-order valence-electron chi connectivity index (χ4n) is 1.97. The number of nitrogens with one attached hydrogen (secondary N) is 3. The first-order valence-corrected chi connectivity index (χ1v) is 8.57. The lowest BCUT2D eigenvalue weighted by Crippen LogP contribution is -2.43. The van der Waals surface area contributed by atoms with E-state index >= 15 is 0 Å². The van der Waals surface area contributed by atoms with E-state index in [4.69, 9.17) is 0 Å². The number of halogens is 3. The Morgan fingerprint density at radius 2 is 1.78 bits per heavy atom. The highest BCUT2D eigenvalue weighted by molar-refractivity contribution is 14.0. The summed E-state index contributed by atoms with van der Waals surface area (Å²) in [4.78, 5) is 16.2. The number of guanidine groups is 1. The Kier molecular flexibility index (Phi) is 11.9. The Labute approximate surface area is 176 Å². The van der Waals surface area contributed by atoms with Gasteiger partial charge in [-0.05, 0) is 13.0 Å². The second kappa shape index (κ2) is 12.7. The average Bonchev–Trinajstić information content (AvgIpc) is 2.56. The molecule has 0 heterocycles. The van der Waals surface area contributed by atoms with Crippen LogP contribution in [0, 0.1) is 5.41 Å². The number of alkyl halides is 2. The van der Waals surface area contributed by atoms with Crippen molar-refractivity contribution in [3.8, 4) is 5.75 Å². The highest BCUT2D eigenvalue weighted by Crippen LogP contribution is 2.20. The summed E-state index contributed by atoms with van der Waals surface area (Å²) in [6, 6.07) is 6.55. The lowest BCUT2D eigenvalue weighted by molar-refractivity contribution is -0.128. The van der Waals surface area contributed by atoms with Crippen molar-refractivity contribution >= 4 is 35.8 Å². The summed E-state index contributed by atoms with van der Waals surface area (Å²) in [5.74, 6) is 0.614. The van der Waals surface area contributed by atoms with Crippen LogP contribution in [0.15, 0.2) is 29.3 Å². The molecule has 1 aromatic rings. The molecular weight excluding hydrogens is 469 g/mol. The smallest absolute Gasteiger partial charge is 0.387 e. The van der Waals surface area contributed by atoms with Crippen molar-refractivity contribution in [1.29, 1.82) is 0 Å². The monoisotopic (exact) mass is 498 g/mol. The van der Waals surface area contributed by atoms with Gasteiger partial charge in [-0.2, -0.15) is 8.78 Å². The summed E-state index contributed by atoms with van der Waals surface area (Å²) in [5.41, 5.74) is 0.124. The zero-order valence-corrected chi connectivity index (χ0v) is 18.5. The van der Waals surface area contributed by atoms with Crippen LogP contribution in [0.25, 0.3) is 0 Å². The van der Waals surface area contributed by atoms with Gasteiger partial charge in [0, 0.05) is 30.6 Å². The number of benzene rings is 1. The molecule has 1 amide bonds. The van der Waals surface area contributed by atoms with E-state index in [1.54, 1.807) is 18.2 Å². The van der Waals surface area contributed by atoms with Crippen molar-refractivity contribution in [3.05, 3.63) is 29.8 Å². The molecule has 6 nitrogen and oxygen atoms in total. The summed E-state index contributed by atoms with van der Waals surface area (Å²) in [6.07, 6.45) is 0. The van der Waals surface area contributed by atoms with Crippen LogP contribution in [0.5, 0.6) is 5.75 Å². The van der Waals surface area contributed by atoms with Gasteiger partial charge in [0.05, 0.1) is 6.54 Å². The Balaban J connectivity index is 0.00000676. The Morgan fingerprint density at radius 1 is 1.15 bits per heavy atom. The fraction of sp³-hybridized carbons (Fsp3) is 0.556. The van der Waals surface area contributed by atoms with E-state index in [0.717, 1.165) is 0 Å². The first kappa shape index (κ1) is 25.4. The number of para-hydroxylation sites is 1. The van der Waals surface area contributed by atoms with Gasteiger partial charge >= 0.3 is 6.61 Å². The molecule has 0 radical (unpaired) electrons. The lowest BCUT2D eigenvalue weighted by atomic mass is 9.96. The van der Waals surface area contributed by atoms with Crippen LogP contribution >= 0.6 is 24.0 Å². The Morgan fingerprint density at radius 3 is 2.37 bits per heavy atom. The predicted octanol–water partition coefficient (Wildman–Crippen LogP) is 3.12. The van der Waals surface area contributed by atoms with Gasteiger partial charge in [-0.3, -0.25) is 4.79 Å². The van der Waals surface area contributed by atoms with Crippen molar-refractivity contribution in [3.63, 3.8) is 0 Å². The minimum Gasteiger partial charge on any atom is -0.434 e. The number of rotatable bonds is 8. The topological polar surface area (TPSA) is 74.8 Å². The van der Waals surface area contributed by atoms with Crippen LogP contribution < -0.4 is 20.7 Å². The number of aliphatic imine (C=N–C) groups is 1. The first-order chi connectivity index (χ1) is 12.2. The molecule has 0 saturated carbocycles. The van der Waals surface area contributed by atoms with Gasteiger partial charge in [0.2, 0.25) is 5.91 Å². The number of hydrogen-bond donors (Lipinski definition) is 3. The van der Waals surface area contributed by atoms with Crippen LogP contribution in [0.1, 0.15) is 33.3 Å². The van der Waals surface area contributed by atoms with Crippen LogP contribution in [-0.4, -0.2) is 38.1 Å². The molecule has 0 aliphatic carbocycles. The van der Waals surface area contributed by atoms with Gasteiger partial charge < -0.3 is 20.7 Å². The Hall–Kier alpha value is -1.65. The SMILES string of the molecule is CCNC(=NCc1ccccc1OC(F)F)NCCNC(=O)C(C)(C)C.I. The molecule has 154 valence electrons. The van der Waals surface area contributed by atoms with Crippen molar-refractivity contribution in [2.75, 3.05) is 19.6 Å². The van der Waals surface area contributed by atoms with E-state index < -0.39 is 12.0 Å². The van der Waals surface area contributed by atoms with Gasteiger partial charge in [-0.25, -0.2) is 4.99 Å². The number of carbonyl (C=O) groups is 1. The van der Waals surface area contributed by atoms with Crippen molar-refractivity contribution < 1.29 is 18.3 Å². The minimum absolute atomic E-state index is 0. The van der Waals surface area contributed by atoms with E-state index in [1.165, 1.54) is 6.07 Å². The van der Waals surface area contributed by atoms with E-state index in [1.807, 2.05) is 27.7 Å². The van der Waals surface area contributed by atoms with Gasteiger partial charge in [-0.15, -0.1) is 24.0 Å². The van der Waals surface area contributed by atoms with Crippen molar-refractivity contribution in [1.82, 2.24) is 16.0 Å². The number of carbonyl (C=O) groups excluding carboxylic acids is 1. The second-order valence-corrected chi connectivity index (χ2v) is 6.61. The third-order valence-corrected chi connectivity index (χ3v) is 3.32. The van der Waals surface area contributed by atoms with Gasteiger partial charge in [0.1, 0.15) is 5.75 Å². The van der Waals surface area contributed by atoms with Crippen molar-refractivity contribution in [2.45, 2.75) is 40.9 Å². The molecule has 0 aliphatic heterocycles. The van der Waals surface area contributed by atoms with Crippen molar-refractivity contribution in [2.24, 2.45) is 10.4 Å². The van der Waals surface area contributed by atoms with E-state index in [-0.39, 0.29) is 42.2 Å². The maximum Gasteiger partial charge on any atom is 0.387 e. The quantitative estimate of drug-likeness (QED) is 0.223.